The molecule has 0 N–H and O–H groups in total. The van der Waals surface area contributed by atoms with E-state index in [0.717, 1.165) is 16.5 Å². The highest BCUT2D eigenvalue weighted by molar-refractivity contribution is 9.10. The molecule has 0 bridgehead atoms. The fourth-order valence-corrected chi connectivity index (χ4v) is 2.01. The second-order valence-corrected chi connectivity index (χ2v) is 4.73. The minimum Gasteiger partial charge on any atom is -0.371 e. The van der Waals surface area contributed by atoms with Crippen molar-refractivity contribution in [2.45, 2.75) is 12.6 Å². The van der Waals surface area contributed by atoms with Crippen molar-refractivity contribution in [3.05, 3.63) is 39.2 Å². The minimum absolute atomic E-state index is 0.0608. The molecule has 1 atom stereocenters. The van der Waals surface area contributed by atoms with E-state index in [1.54, 1.807) is 6.20 Å². The number of aromatic nitrogens is 2. The van der Waals surface area contributed by atoms with Crippen LogP contribution in [-0.4, -0.2) is 22.5 Å². The van der Waals surface area contributed by atoms with E-state index in [9.17, 15) is 4.79 Å². The Bertz CT molecular complexity index is 604. The first-order valence-corrected chi connectivity index (χ1v) is 5.80. The third kappa shape index (κ3) is 1.76. The van der Waals surface area contributed by atoms with Crippen molar-refractivity contribution in [2.75, 3.05) is 6.61 Å². The van der Waals surface area contributed by atoms with E-state index < -0.39 is 0 Å². The molecule has 1 aromatic carbocycles. The molecule has 1 aromatic heterocycles. The topological polar surface area (TPSA) is 47.4 Å². The van der Waals surface area contributed by atoms with Gasteiger partial charge in [0.05, 0.1) is 24.7 Å². The first-order chi connectivity index (χ1) is 7.74. The fraction of sp³-hybridized carbons (Fsp3) is 0.273. The van der Waals surface area contributed by atoms with E-state index in [0.29, 0.717) is 11.9 Å². The van der Waals surface area contributed by atoms with Gasteiger partial charge in [0, 0.05) is 9.86 Å². The molecule has 82 valence electrons. The minimum atomic E-state index is -0.0608. The number of halogens is 1. The van der Waals surface area contributed by atoms with Crippen LogP contribution >= 0.6 is 15.9 Å². The van der Waals surface area contributed by atoms with Crippen molar-refractivity contribution in [1.82, 2.24) is 9.78 Å². The molecule has 1 saturated heterocycles. The Morgan fingerprint density at radius 1 is 1.56 bits per heavy atom. The average molecular weight is 281 g/mol. The zero-order chi connectivity index (χ0) is 11.1. The third-order valence-corrected chi connectivity index (χ3v) is 3.09. The second-order valence-electron chi connectivity index (χ2n) is 3.82. The molecule has 2 heterocycles. The van der Waals surface area contributed by atoms with Crippen LogP contribution in [0.2, 0.25) is 0 Å². The Morgan fingerprint density at radius 2 is 2.38 bits per heavy atom. The predicted molar refractivity (Wildman–Crippen MR) is 63.4 cm³/mol. The SMILES string of the molecule is O=c1c2cc(Br)ccc2cnn1C[C@@H]1CO1. The van der Waals surface area contributed by atoms with Crippen molar-refractivity contribution in [2.24, 2.45) is 0 Å². The Kier molecular flexibility index (Phi) is 2.29. The maximum atomic E-state index is 12.1. The number of benzene rings is 1. The van der Waals surface area contributed by atoms with Crippen LogP contribution in [0, 0.1) is 0 Å². The van der Waals surface area contributed by atoms with Crippen LogP contribution < -0.4 is 5.56 Å². The normalized spacial score (nSPS) is 18.9. The van der Waals surface area contributed by atoms with Gasteiger partial charge >= 0.3 is 0 Å². The molecule has 16 heavy (non-hydrogen) atoms. The third-order valence-electron chi connectivity index (χ3n) is 2.60. The number of hydrogen-bond acceptors (Lipinski definition) is 3. The van der Waals surface area contributed by atoms with Crippen LogP contribution in [0.25, 0.3) is 10.8 Å². The summed E-state index contributed by atoms with van der Waals surface area (Å²) in [4.78, 5) is 12.1. The highest BCUT2D eigenvalue weighted by Crippen LogP contribution is 2.16. The Hall–Kier alpha value is -1.20. The van der Waals surface area contributed by atoms with E-state index in [2.05, 4.69) is 21.0 Å². The van der Waals surface area contributed by atoms with Gasteiger partial charge in [-0.2, -0.15) is 5.10 Å². The molecule has 0 aliphatic carbocycles. The van der Waals surface area contributed by atoms with E-state index in [1.165, 1.54) is 4.68 Å². The summed E-state index contributed by atoms with van der Waals surface area (Å²) in [6.07, 6.45) is 1.88. The van der Waals surface area contributed by atoms with Gasteiger partial charge in [-0.3, -0.25) is 4.79 Å². The Balaban J connectivity index is 2.17. The summed E-state index contributed by atoms with van der Waals surface area (Å²) >= 11 is 3.36. The van der Waals surface area contributed by atoms with Crippen LogP contribution in [0.4, 0.5) is 0 Å². The molecule has 0 amide bonds. The molecule has 5 heteroatoms. The molecule has 1 aliphatic rings. The van der Waals surface area contributed by atoms with E-state index in [4.69, 9.17) is 4.74 Å². The maximum absolute atomic E-state index is 12.1. The first-order valence-electron chi connectivity index (χ1n) is 5.01. The summed E-state index contributed by atoms with van der Waals surface area (Å²) in [5, 5.41) is 5.67. The van der Waals surface area contributed by atoms with Crippen LogP contribution in [0.1, 0.15) is 0 Å². The van der Waals surface area contributed by atoms with Gasteiger partial charge in [0.15, 0.2) is 0 Å². The van der Waals surface area contributed by atoms with Crippen molar-refractivity contribution in [3.8, 4) is 0 Å². The largest absolute Gasteiger partial charge is 0.371 e. The van der Waals surface area contributed by atoms with Gasteiger partial charge in [0.2, 0.25) is 0 Å². The van der Waals surface area contributed by atoms with Crippen molar-refractivity contribution >= 4 is 26.7 Å². The molecule has 2 aromatic rings. The van der Waals surface area contributed by atoms with Crippen LogP contribution in [-0.2, 0) is 11.3 Å². The zero-order valence-corrected chi connectivity index (χ0v) is 9.98. The lowest BCUT2D eigenvalue weighted by Crippen LogP contribution is -2.24. The molecule has 0 unspecified atom stereocenters. The lowest BCUT2D eigenvalue weighted by molar-refractivity contribution is 0.369. The number of hydrogen-bond donors (Lipinski definition) is 0. The van der Waals surface area contributed by atoms with Gasteiger partial charge in [-0.05, 0) is 12.1 Å². The lowest BCUT2D eigenvalue weighted by atomic mass is 10.2. The van der Waals surface area contributed by atoms with Gasteiger partial charge in [-0.15, -0.1) is 0 Å². The highest BCUT2D eigenvalue weighted by Gasteiger charge is 2.24. The number of rotatable bonds is 2. The number of ether oxygens (including phenoxy) is 1. The van der Waals surface area contributed by atoms with Crippen LogP contribution in [0.15, 0.2) is 33.7 Å². The number of nitrogens with zero attached hydrogens (tertiary/aromatic N) is 2. The molecule has 0 spiro atoms. The van der Waals surface area contributed by atoms with E-state index in [-0.39, 0.29) is 11.7 Å². The van der Waals surface area contributed by atoms with Crippen LogP contribution in [0.5, 0.6) is 0 Å². The highest BCUT2D eigenvalue weighted by atomic mass is 79.9. The molecule has 4 nitrogen and oxygen atoms in total. The van der Waals surface area contributed by atoms with Gasteiger partial charge < -0.3 is 4.74 Å². The van der Waals surface area contributed by atoms with E-state index in [1.807, 2.05) is 18.2 Å². The van der Waals surface area contributed by atoms with Crippen LogP contribution in [0.3, 0.4) is 0 Å². The van der Waals surface area contributed by atoms with Gasteiger partial charge in [0.1, 0.15) is 6.10 Å². The van der Waals surface area contributed by atoms with Crippen molar-refractivity contribution in [3.63, 3.8) is 0 Å². The van der Waals surface area contributed by atoms with Gasteiger partial charge in [-0.25, -0.2) is 4.68 Å². The predicted octanol–water partition coefficient (Wildman–Crippen LogP) is 1.56. The second kappa shape index (κ2) is 3.68. The lowest BCUT2D eigenvalue weighted by Gasteiger charge is -2.03. The molecule has 1 aliphatic heterocycles. The molecule has 0 saturated carbocycles. The van der Waals surface area contributed by atoms with Gasteiger partial charge in [-0.1, -0.05) is 22.0 Å². The number of epoxide rings is 1. The zero-order valence-electron chi connectivity index (χ0n) is 8.39. The van der Waals surface area contributed by atoms with Gasteiger partial charge in [0.25, 0.3) is 5.56 Å². The Labute approximate surface area is 100.0 Å². The van der Waals surface area contributed by atoms with E-state index >= 15 is 0 Å². The number of fused-ring (bicyclic) bond motifs is 1. The molecule has 1 fully saturated rings. The Morgan fingerprint density at radius 3 is 3.12 bits per heavy atom. The molecule has 3 rings (SSSR count). The average Bonchev–Trinajstić information content (AvgIpc) is 3.07. The maximum Gasteiger partial charge on any atom is 0.274 e. The summed E-state index contributed by atoms with van der Waals surface area (Å²) in [6.45, 7) is 1.27. The summed E-state index contributed by atoms with van der Waals surface area (Å²) in [5.74, 6) is 0. The quantitative estimate of drug-likeness (QED) is 0.785. The van der Waals surface area contributed by atoms with Crippen molar-refractivity contribution < 1.29 is 4.74 Å². The van der Waals surface area contributed by atoms with Crippen molar-refractivity contribution in [1.29, 1.82) is 0 Å². The standard InChI is InChI=1S/C11H9BrN2O2/c12-8-2-1-7-4-13-14(5-9-6-16-9)11(15)10(7)3-8/h1-4,9H,5-6H2/t9-/m1/s1. The molecular weight excluding hydrogens is 272 g/mol. The summed E-state index contributed by atoms with van der Waals surface area (Å²) in [7, 11) is 0. The monoisotopic (exact) mass is 280 g/mol. The summed E-state index contributed by atoms with van der Waals surface area (Å²) in [5.41, 5.74) is -0.0608. The summed E-state index contributed by atoms with van der Waals surface area (Å²) in [6, 6.07) is 5.60. The summed E-state index contributed by atoms with van der Waals surface area (Å²) < 4.78 is 7.46. The fourth-order valence-electron chi connectivity index (χ4n) is 1.65. The molecule has 0 radical (unpaired) electrons. The first kappa shape index (κ1) is 9.99. The molecular formula is C11H9BrN2O2. The smallest absolute Gasteiger partial charge is 0.274 e.